The van der Waals surface area contributed by atoms with Gasteiger partial charge in [-0.1, -0.05) is 24.3 Å². The molecule has 0 radical (unpaired) electrons. The van der Waals surface area contributed by atoms with Gasteiger partial charge in [-0.15, -0.1) is 0 Å². The van der Waals surface area contributed by atoms with E-state index in [1.54, 1.807) is 18.2 Å². The van der Waals surface area contributed by atoms with E-state index in [9.17, 15) is 14.0 Å². The largest absolute Gasteiger partial charge is 0.359 e. The molecule has 0 spiro atoms. The molecule has 1 aliphatic heterocycles. The number of halogens is 1. The molecule has 118 valence electrons. The van der Waals surface area contributed by atoms with Crippen LogP contribution in [0.4, 0.5) is 15.8 Å². The first kappa shape index (κ1) is 15.0. The number of carbonyl (C=O) groups is 2. The molecular weight excluding hydrogens is 297 g/mol. The third-order valence-corrected chi connectivity index (χ3v) is 3.65. The quantitative estimate of drug-likeness (QED) is 0.911. The summed E-state index contributed by atoms with van der Waals surface area (Å²) in [5.41, 5.74) is 1.28. The summed E-state index contributed by atoms with van der Waals surface area (Å²) >= 11 is 0. The first-order valence-corrected chi connectivity index (χ1v) is 7.32. The summed E-state index contributed by atoms with van der Waals surface area (Å²) in [4.78, 5) is 25.7. The van der Waals surface area contributed by atoms with E-state index < -0.39 is 11.7 Å². The minimum atomic E-state index is -0.570. The second-order valence-corrected chi connectivity index (χ2v) is 5.22. The van der Waals surface area contributed by atoms with Crippen LogP contribution in [0.15, 0.2) is 48.5 Å². The Labute approximate surface area is 133 Å². The molecule has 2 N–H and O–H groups in total. The van der Waals surface area contributed by atoms with Crippen molar-refractivity contribution >= 4 is 23.2 Å². The van der Waals surface area contributed by atoms with Crippen LogP contribution in [0.2, 0.25) is 0 Å². The summed E-state index contributed by atoms with van der Waals surface area (Å²) in [6.07, 6.45) is 0. The number of carbonyl (C=O) groups excluding carboxylic acids is 2. The normalized spacial score (nSPS) is 14.3. The third-order valence-electron chi connectivity index (χ3n) is 3.65. The zero-order valence-corrected chi connectivity index (χ0v) is 12.4. The fourth-order valence-electron chi connectivity index (χ4n) is 2.53. The third kappa shape index (κ3) is 3.31. The number of hydrogen-bond acceptors (Lipinski definition) is 3. The second-order valence-electron chi connectivity index (χ2n) is 5.22. The SMILES string of the molecule is O=C1CN(c2ccccc2NC(=O)c2ccccc2F)CCN1. The first-order valence-electron chi connectivity index (χ1n) is 7.32. The summed E-state index contributed by atoms with van der Waals surface area (Å²) in [5.74, 6) is -1.15. The summed E-state index contributed by atoms with van der Waals surface area (Å²) < 4.78 is 13.7. The summed E-state index contributed by atoms with van der Waals surface area (Å²) in [6, 6.07) is 13.0. The van der Waals surface area contributed by atoms with E-state index in [2.05, 4.69) is 10.6 Å². The van der Waals surface area contributed by atoms with Crippen molar-refractivity contribution < 1.29 is 14.0 Å². The van der Waals surface area contributed by atoms with Gasteiger partial charge in [0.25, 0.3) is 5.91 Å². The zero-order valence-electron chi connectivity index (χ0n) is 12.4. The highest BCUT2D eigenvalue weighted by atomic mass is 19.1. The number of benzene rings is 2. The maximum absolute atomic E-state index is 13.7. The number of amides is 2. The number of hydrogen-bond donors (Lipinski definition) is 2. The molecule has 2 aromatic rings. The predicted octanol–water partition coefficient (Wildman–Crippen LogP) is 2.01. The molecule has 23 heavy (non-hydrogen) atoms. The Morgan fingerprint density at radius 1 is 1.13 bits per heavy atom. The maximum atomic E-state index is 13.7. The van der Waals surface area contributed by atoms with E-state index >= 15 is 0 Å². The highest BCUT2D eigenvalue weighted by Crippen LogP contribution is 2.26. The molecule has 0 atom stereocenters. The number of nitrogens with zero attached hydrogens (tertiary/aromatic N) is 1. The van der Waals surface area contributed by atoms with Crippen LogP contribution in [-0.4, -0.2) is 31.4 Å². The highest BCUT2D eigenvalue weighted by molar-refractivity contribution is 6.06. The van der Waals surface area contributed by atoms with Crippen molar-refractivity contribution in [3.05, 3.63) is 59.9 Å². The first-order chi connectivity index (χ1) is 11.1. The van der Waals surface area contributed by atoms with Crippen molar-refractivity contribution in [1.29, 1.82) is 0 Å². The van der Waals surface area contributed by atoms with E-state index in [0.717, 1.165) is 5.69 Å². The molecule has 0 aromatic heterocycles. The minimum Gasteiger partial charge on any atom is -0.359 e. The number of piperazine rings is 1. The fraction of sp³-hybridized carbons (Fsp3) is 0.176. The van der Waals surface area contributed by atoms with Crippen molar-refractivity contribution in [2.24, 2.45) is 0 Å². The van der Waals surface area contributed by atoms with Gasteiger partial charge in [-0.25, -0.2) is 4.39 Å². The Morgan fingerprint density at radius 2 is 1.87 bits per heavy atom. The zero-order chi connectivity index (χ0) is 16.2. The molecule has 1 saturated heterocycles. The molecular formula is C17H16FN3O2. The van der Waals surface area contributed by atoms with Crippen molar-refractivity contribution in [2.45, 2.75) is 0 Å². The smallest absolute Gasteiger partial charge is 0.258 e. The van der Waals surface area contributed by atoms with Crippen molar-refractivity contribution in [3.63, 3.8) is 0 Å². The standard InChI is InChI=1S/C17H16FN3O2/c18-13-6-2-1-5-12(13)17(23)20-14-7-3-4-8-15(14)21-10-9-19-16(22)11-21/h1-8H,9-11H2,(H,19,22)(H,20,23). The van der Waals surface area contributed by atoms with Crippen LogP contribution in [0.5, 0.6) is 0 Å². The van der Waals surface area contributed by atoms with Crippen LogP contribution in [0.25, 0.3) is 0 Å². The van der Waals surface area contributed by atoms with Gasteiger partial charge in [-0.3, -0.25) is 9.59 Å². The molecule has 0 saturated carbocycles. The fourth-order valence-corrected chi connectivity index (χ4v) is 2.53. The lowest BCUT2D eigenvalue weighted by atomic mass is 10.1. The second kappa shape index (κ2) is 6.48. The predicted molar refractivity (Wildman–Crippen MR) is 86.0 cm³/mol. The molecule has 2 amide bonds. The van der Waals surface area contributed by atoms with E-state index in [-0.39, 0.29) is 18.0 Å². The minimum absolute atomic E-state index is 0.0151. The Bertz CT molecular complexity index is 748. The van der Waals surface area contributed by atoms with Crippen molar-refractivity contribution in [1.82, 2.24) is 5.32 Å². The van der Waals surface area contributed by atoms with Gasteiger partial charge in [-0.05, 0) is 24.3 Å². The summed E-state index contributed by atoms with van der Waals surface area (Å²) in [7, 11) is 0. The number of nitrogens with one attached hydrogen (secondary N) is 2. The van der Waals surface area contributed by atoms with Crippen LogP contribution in [-0.2, 0) is 4.79 Å². The number of rotatable bonds is 3. The monoisotopic (exact) mass is 313 g/mol. The maximum Gasteiger partial charge on any atom is 0.258 e. The van der Waals surface area contributed by atoms with E-state index in [1.807, 2.05) is 17.0 Å². The van der Waals surface area contributed by atoms with Gasteiger partial charge in [0.15, 0.2) is 0 Å². The summed E-state index contributed by atoms with van der Waals surface area (Å²) in [6.45, 7) is 1.43. The van der Waals surface area contributed by atoms with Gasteiger partial charge in [0.2, 0.25) is 5.91 Å². The molecule has 5 nitrogen and oxygen atoms in total. The van der Waals surface area contributed by atoms with E-state index in [1.165, 1.54) is 18.2 Å². The molecule has 0 aliphatic carbocycles. The van der Waals surface area contributed by atoms with Crippen LogP contribution in [0, 0.1) is 5.82 Å². The number of para-hydroxylation sites is 2. The van der Waals surface area contributed by atoms with Gasteiger partial charge < -0.3 is 15.5 Å². The van der Waals surface area contributed by atoms with Gasteiger partial charge >= 0.3 is 0 Å². The lowest BCUT2D eigenvalue weighted by Crippen LogP contribution is -2.47. The number of anilines is 2. The van der Waals surface area contributed by atoms with Crippen LogP contribution in [0.1, 0.15) is 10.4 Å². The van der Waals surface area contributed by atoms with Crippen molar-refractivity contribution in [2.75, 3.05) is 29.9 Å². The molecule has 0 unspecified atom stereocenters. The lowest BCUT2D eigenvalue weighted by molar-refractivity contribution is -0.120. The highest BCUT2D eigenvalue weighted by Gasteiger charge is 2.20. The van der Waals surface area contributed by atoms with Crippen LogP contribution in [0.3, 0.4) is 0 Å². The topological polar surface area (TPSA) is 61.4 Å². The average molecular weight is 313 g/mol. The average Bonchev–Trinajstić information content (AvgIpc) is 2.55. The Kier molecular flexibility index (Phi) is 4.23. The molecule has 1 aliphatic rings. The Hall–Kier alpha value is -2.89. The molecule has 1 heterocycles. The molecule has 2 aromatic carbocycles. The Morgan fingerprint density at radius 3 is 2.65 bits per heavy atom. The molecule has 6 heteroatoms. The Balaban J connectivity index is 1.85. The molecule has 3 rings (SSSR count). The van der Waals surface area contributed by atoms with Gasteiger partial charge in [-0.2, -0.15) is 0 Å². The lowest BCUT2D eigenvalue weighted by Gasteiger charge is -2.30. The van der Waals surface area contributed by atoms with E-state index in [4.69, 9.17) is 0 Å². The van der Waals surface area contributed by atoms with Gasteiger partial charge in [0.05, 0.1) is 23.5 Å². The van der Waals surface area contributed by atoms with E-state index in [0.29, 0.717) is 18.8 Å². The molecule has 0 bridgehead atoms. The van der Waals surface area contributed by atoms with Crippen LogP contribution >= 0.6 is 0 Å². The van der Waals surface area contributed by atoms with Gasteiger partial charge in [0.1, 0.15) is 5.82 Å². The van der Waals surface area contributed by atoms with Gasteiger partial charge in [0, 0.05) is 13.1 Å². The van der Waals surface area contributed by atoms with Crippen LogP contribution < -0.4 is 15.5 Å². The molecule has 1 fully saturated rings. The summed E-state index contributed by atoms with van der Waals surface area (Å²) in [5, 5.41) is 5.49. The van der Waals surface area contributed by atoms with Crippen molar-refractivity contribution in [3.8, 4) is 0 Å².